The molecule has 2 nitrogen and oxygen atoms in total. The lowest BCUT2D eigenvalue weighted by atomic mass is 10.0. The van der Waals surface area contributed by atoms with Crippen molar-refractivity contribution in [3.63, 3.8) is 0 Å². The predicted octanol–water partition coefficient (Wildman–Crippen LogP) is 3.45. The standard InChI is InChI=1S/C19H24O2Si/c1-3-9-16(10-4-1)19(17-11-5-2-6-12-17)21-15-22-18-13-7-8-14-20-18/h1-6,9-12,18-19H,7-8,13-15,22H2. The third kappa shape index (κ3) is 4.29. The zero-order valence-corrected chi connectivity index (χ0v) is 14.4. The highest BCUT2D eigenvalue weighted by atomic mass is 28.2. The van der Waals surface area contributed by atoms with E-state index in [0.717, 1.165) is 12.8 Å². The lowest BCUT2D eigenvalue weighted by Gasteiger charge is -2.24. The fourth-order valence-electron chi connectivity index (χ4n) is 2.99. The van der Waals surface area contributed by atoms with Crippen LogP contribution in [0.4, 0.5) is 0 Å². The molecule has 0 aliphatic carbocycles. The molecular weight excluding hydrogens is 288 g/mol. The maximum absolute atomic E-state index is 6.30. The number of ether oxygens (including phenoxy) is 2. The highest BCUT2D eigenvalue weighted by Gasteiger charge is 2.17. The first-order valence-electron chi connectivity index (χ1n) is 8.26. The minimum absolute atomic E-state index is 0.0403. The summed E-state index contributed by atoms with van der Waals surface area (Å²) in [6, 6.07) is 21.0. The van der Waals surface area contributed by atoms with Crippen LogP contribution in [0.25, 0.3) is 0 Å². The molecule has 3 heteroatoms. The van der Waals surface area contributed by atoms with E-state index in [0.29, 0.717) is 5.73 Å². The van der Waals surface area contributed by atoms with Crippen LogP contribution in [-0.2, 0) is 9.47 Å². The van der Waals surface area contributed by atoms with E-state index in [-0.39, 0.29) is 15.6 Å². The minimum atomic E-state index is -0.331. The van der Waals surface area contributed by atoms with Crippen LogP contribution in [-0.4, -0.2) is 28.1 Å². The molecule has 116 valence electrons. The van der Waals surface area contributed by atoms with Gasteiger partial charge in [0.05, 0.1) is 9.52 Å². The number of benzene rings is 2. The minimum Gasteiger partial charge on any atom is -0.382 e. The van der Waals surface area contributed by atoms with Crippen molar-refractivity contribution in [3.05, 3.63) is 71.8 Å². The topological polar surface area (TPSA) is 18.5 Å². The quantitative estimate of drug-likeness (QED) is 0.761. The van der Waals surface area contributed by atoms with Crippen molar-refractivity contribution >= 4 is 9.52 Å². The predicted molar refractivity (Wildman–Crippen MR) is 92.8 cm³/mol. The van der Waals surface area contributed by atoms with Crippen LogP contribution < -0.4 is 0 Å². The zero-order chi connectivity index (χ0) is 15.0. The monoisotopic (exact) mass is 312 g/mol. The molecule has 1 aliphatic rings. The van der Waals surface area contributed by atoms with Gasteiger partial charge in [-0.1, -0.05) is 60.7 Å². The van der Waals surface area contributed by atoms with Gasteiger partial charge in [0.2, 0.25) is 0 Å². The van der Waals surface area contributed by atoms with E-state index in [1.807, 2.05) is 0 Å². The van der Waals surface area contributed by atoms with Crippen molar-refractivity contribution in [1.82, 2.24) is 0 Å². The lowest BCUT2D eigenvalue weighted by molar-refractivity contribution is 0.0573. The fourth-order valence-corrected chi connectivity index (χ4v) is 4.54. The lowest BCUT2D eigenvalue weighted by Crippen LogP contribution is -2.29. The van der Waals surface area contributed by atoms with Crippen LogP contribution >= 0.6 is 0 Å². The molecule has 1 aliphatic heterocycles. The third-order valence-corrected chi connectivity index (χ3v) is 5.96. The van der Waals surface area contributed by atoms with E-state index < -0.39 is 0 Å². The molecule has 3 rings (SSSR count). The molecule has 1 heterocycles. The Balaban J connectivity index is 1.64. The van der Waals surface area contributed by atoms with Crippen molar-refractivity contribution in [3.8, 4) is 0 Å². The molecule has 0 spiro atoms. The molecule has 0 aromatic heterocycles. The molecule has 0 amide bonds. The van der Waals surface area contributed by atoms with E-state index in [4.69, 9.17) is 9.47 Å². The second-order valence-corrected chi connectivity index (χ2v) is 7.75. The second-order valence-electron chi connectivity index (χ2n) is 5.85. The van der Waals surface area contributed by atoms with Crippen molar-refractivity contribution in [2.75, 3.05) is 12.8 Å². The van der Waals surface area contributed by atoms with Gasteiger partial charge in [0.1, 0.15) is 6.10 Å². The van der Waals surface area contributed by atoms with Gasteiger partial charge >= 0.3 is 0 Å². The number of hydrogen-bond acceptors (Lipinski definition) is 2. The van der Waals surface area contributed by atoms with Crippen LogP contribution in [0.3, 0.4) is 0 Å². The molecule has 1 unspecified atom stereocenters. The van der Waals surface area contributed by atoms with Crippen LogP contribution in [0.5, 0.6) is 0 Å². The van der Waals surface area contributed by atoms with Crippen molar-refractivity contribution in [2.24, 2.45) is 0 Å². The average Bonchev–Trinajstić information content (AvgIpc) is 2.61. The molecular formula is C19H24O2Si. The van der Waals surface area contributed by atoms with E-state index in [2.05, 4.69) is 60.7 Å². The summed E-state index contributed by atoms with van der Waals surface area (Å²) in [5, 5.41) is 0. The van der Waals surface area contributed by atoms with Gasteiger partial charge in [0, 0.05) is 18.6 Å². The molecule has 0 bridgehead atoms. The molecule has 2 aromatic carbocycles. The van der Waals surface area contributed by atoms with Crippen molar-refractivity contribution in [1.29, 1.82) is 0 Å². The highest BCUT2D eigenvalue weighted by Crippen LogP contribution is 2.25. The van der Waals surface area contributed by atoms with Gasteiger partial charge in [-0.15, -0.1) is 0 Å². The first kappa shape index (κ1) is 15.5. The fraction of sp³-hybridized carbons (Fsp3) is 0.368. The maximum atomic E-state index is 6.30. The van der Waals surface area contributed by atoms with Gasteiger partial charge in [0.25, 0.3) is 0 Å². The third-order valence-electron chi connectivity index (χ3n) is 4.20. The molecule has 0 saturated carbocycles. The normalized spacial score (nSPS) is 19.0. The Morgan fingerprint density at radius 3 is 2.14 bits per heavy atom. The SMILES string of the molecule is c1ccc(C(OC[SiH2]C2CCCCO2)c2ccccc2)cc1. The summed E-state index contributed by atoms with van der Waals surface area (Å²) in [6.07, 6.45) is 4.69. The summed E-state index contributed by atoms with van der Waals surface area (Å²) in [6.45, 7) is 0.943. The van der Waals surface area contributed by atoms with Crippen molar-refractivity contribution < 1.29 is 9.47 Å². The van der Waals surface area contributed by atoms with E-state index in [1.54, 1.807) is 0 Å². The number of rotatable bonds is 6. The summed E-state index contributed by atoms with van der Waals surface area (Å²) >= 11 is 0. The summed E-state index contributed by atoms with van der Waals surface area (Å²) in [7, 11) is -0.331. The van der Waals surface area contributed by atoms with Crippen LogP contribution in [0.1, 0.15) is 36.5 Å². The Morgan fingerprint density at radius 2 is 1.59 bits per heavy atom. The summed E-state index contributed by atoms with van der Waals surface area (Å²) in [4.78, 5) is 0. The van der Waals surface area contributed by atoms with Gasteiger partial charge in [-0.25, -0.2) is 0 Å². The molecule has 1 saturated heterocycles. The zero-order valence-electron chi connectivity index (χ0n) is 13.0. The Bertz CT molecular complexity index is 498. The average molecular weight is 312 g/mol. The van der Waals surface area contributed by atoms with E-state index in [9.17, 15) is 0 Å². The molecule has 2 aromatic rings. The molecule has 1 atom stereocenters. The van der Waals surface area contributed by atoms with Gasteiger partial charge in [-0.2, -0.15) is 0 Å². The van der Waals surface area contributed by atoms with Crippen LogP contribution in [0, 0.1) is 0 Å². The Kier molecular flexibility index (Phi) is 5.82. The molecule has 0 N–H and O–H groups in total. The first-order valence-corrected chi connectivity index (χ1v) is 10.1. The van der Waals surface area contributed by atoms with Gasteiger partial charge in [-0.3, -0.25) is 0 Å². The second kappa shape index (κ2) is 8.27. The highest BCUT2D eigenvalue weighted by molar-refractivity contribution is 6.37. The Labute approximate surface area is 135 Å². The maximum Gasteiger partial charge on any atom is 0.107 e. The van der Waals surface area contributed by atoms with Crippen LogP contribution in [0.2, 0.25) is 0 Å². The summed E-state index contributed by atoms with van der Waals surface area (Å²) < 4.78 is 12.2. The first-order chi connectivity index (χ1) is 10.9. The van der Waals surface area contributed by atoms with Gasteiger partial charge in [-0.05, 0) is 30.4 Å². The van der Waals surface area contributed by atoms with E-state index >= 15 is 0 Å². The van der Waals surface area contributed by atoms with Gasteiger partial charge in [0.15, 0.2) is 0 Å². The summed E-state index contributed by atoms with van der Waals surface area (Å²) in [5.74, 6) is 0. The van der Waals surface area contributed by atoms with Crippen LogP contribution in [0.15, 0.2) is 60.7 Å². The van der Waals surface area contributed by atoms with Crippen molar-refractivity contribution in [2.45, 2.75) is 31.1 Å². The summed E-state index contributed by atoms with van der Waals surface area (Å²) in [5.41, 5.74) is 2.97. The Morgan fingerprint density at radius 1 is 0.955 bits per heavy atom. The Hall–Kier alpha value is -1.42. The molecule has 0 radical (unpaired) electrons. The number of hydrogen-bond donors (Lipinski definition) is 0. The largest absolute Gasteiger partial charge is 0.382 e. The molecule has 1 fully saturated rings. The smallest absolute Gasteiger partial charge is 0.107 e. The van der Waals surface area contributed by atoms with E-state index in [1.165, 1.54) is 30.4 Å². The molecule has 22 heavy (non-hydrogen) atoms. The van der Waals surface area contributed by atoms with Gasteiger partial charge < -0.3 is 9.47 Å².